The highest BCUT2D eigenvalue weighted by Crippen LogP contribution is 2.45. The smallest absolute Gasteiger partial charge is 0.314 e. The maximum Gasteiger partial charge on any atom is 0.314 e. The topological polar surface area (TPSA) is 52.3 Å². The van der Waals surface area contributed by atoms with E-state index in [1.165, 1.54) is 0 Å². The molecule has 1 fully saturated rings. The molecule has 3 heteroatoms. The van der Waals surface area contributed by atoms with Crippen LogP contribution < -0.4 is 5.73 Å². The Bertz CT molecular complexity index is 255. The van der Waals surface area contributed by atoms with Gasteiger partial charge < -0.3 is 10.5 Å². The molecule has 0 aliphatic heterocycles. The molecule has 0 spiro atoms. The van der Waals surface area contributed by atoms with Crippen molar-refractivity contribution in [3.8, 4) is 0 Å². The molecule has 0 saturated heterocycles. The van der Waals surface area contributed by atoms with E-state index in [1.54, 1.807) is 0 Å². The van der Waals surface area contributed by atoms with Crippen LogP contribution >= 0.6 is 0 Å². The number of rotatable bonds is 2. The van der Waals surface area contributed by atoms with Crippen molar-refractivity contribution in [2.45, 2.75) is 39.2 Å². The van der Waals surface area contributed by atoms with Crippen LogP contribution in [0.15, 0.2) is 12.2 Å². The summed E-state index contributed by atoms with van der Waals surface area (Å²) < 4.78 is 5.32. The molecule has 0 bridgehead atoms. The van der Waals surface area contributed by atoms with E-state index in [0.717, 1.165) is 5.57 Å². The zero-order chi connectivity index (χ0) is 11.0. The van der Waals surface area contributed by atoms with Gasteiger partial charge in [0.2, 0.25) is 0 Å². The number of esters is 1. The van der Waals surface area contributed by atoms with Crippen LogP contribution in [0.25, 0.3) is 0 Å². The Morgan fingerprint density at radius 2 is 2.07 bits per heavy atom. The van der Waals surface area contributed by atoms with E-state index in [9.17, 15) is 4.79 Å². The summed E-state index contributed by atoms with van der Waals surface area (Å²) >= 11 is 0. The average Bonchev–Trinajstić information content (AvgIpc) is 1.94. The molecule has 80 valence electrons. The molecule has 0 amide bonds. The number of nitrogens with two attached hydrogens (primary N) is 1. The van der Waals surface area contributed by atoms with Crippen molar-refractivity contribution in [3.05, 3.63) is 12.2 Å². The van der Waals surface area contributed by atoms with Crippen LogP contribution in [-0.2, 0) is 9.53 Å². The monoisotopic (exact) mass is 197 g/mol. The normalized spacial score (nSPS) is 20.1. The van der Waals surface area contributed by atoms with Crippen molar-refractivity contribution in [1.29, 1.82) is 0 Å². The number of allylic oxidation sites excluding steroid dienone is 1. The minimum absolute atomic E-state index is 0.181. The molecule has 0 aromatic carbocycles. The molecule has 2 N–H and O–H groups in total. The van der Waals surface area contributed by atoms with Gasteiger partial charge in [-0.1, -0.05) is 12.2 Å². The molecule has 1 aliphatic rings. The van der Waals surface area contributed by atoms with Gasteiger partial charge in [0.1, 0.15) is 5.60 Å². The predicted octanol–water partition coefficient (Wildman–Crippen LogP) is 1.62. The number of hydrogen-bond acceptors (Lipinski definition) is 3. The van der Waals surface area contributed by atoms with Crippen molar-refractivity contribution < 1.29 is 9.53 Å². The lowest BCUT2D eigenvalue weighted by molar-refractivity contribution is -0.169. The van der Waals surface area contributed by atoms with Gasteiger partial charge in [-0.05, 0) is 33.6 Å². The third-order valence-electron chi connectivity index (χ3n) is 2.40. The van der Waals surface area contributed by atoms with E-state index in [1.807, 2.05) is 20.8 Å². The van der Waals surface area contributed by atoms with Crippen LogP contribution in [0.5, 0.6) is 0 Å². The molecular formula is C11H19NO2. The van der Waals surface area contributed by atoms with Gasteiger partial charge in [-0.3, -0.25) is 4.79 Å². The molecule has 0 radical (unpaired) electrons. The Morgan fingerprint density at radius 3 is 2.36 bits per heavy atom. The maximum absolute atomic E-state index is 11.8. The van der Waals surface area contributed by atoms with E-state index < -0.39 is 11.0 Å². The predicted molar refractivity (Wildman–Crippen MR) is 55.7 cm³/mol. The zero-order valence-corrected chi connectivity index (χ0v) is 9.22. The lowest BCUT2D eigenvalue weighted by Crippen LogP contribution is -2.48. The van der Waals surface area contributed by atoms with Crippen LogP contribution in [0.1, 0.15) is 33.6 Å². The maximum atomic E-state index is 11.8. The first kappa shape index (κ1) is 11.2. The van der Waals surface area contributed by atoms with Gasteiger partial charge >= 0.3 is 5.97 Å². The molecule has 1 saturated carbocycles. The van der Waals surface area contributed by atoms with Gasteiger partial charge in [0, 0.05) is 6.54 Å². The molecule has 3 nitrogen and oxygen atoms in total. The standard InChI is InChI=1S/C11H19NO2/c1-8-5-11(6-8,7-12)9(13)14-10(2,3)4/h1,5-7,12H2,2-4H3. The molecule has 1 rings (SSSR count). The highest BCUT2D eigenvalue weighted by molar-refractivity contribution is 5.80. The molecule has 0 heterocycles. The van der Waals surface area contributed by atoms with Gasteiger partial charge in [-0.15, -0.1) is 0 Å². The lowest BCUT2D eigenvalue weighted by Gasteiger charge is -2.41. The first-order chi connectivity index (χ1) is 6.29. The van der Waals surface area contributed by atoms with Crippen LogP contribution in [0, 0.1) is 5.41 Å². The summed E-state index contributed by atoms with van der Waals surface area (Å²) in [6, 6.07) is 0. The Kier molecular flexibility index (Phi) is 2.72. The molecule has 0 aromatic heterocycles. The van der Waals surface area contributed by atoms with Crippen molar-refractivity contribution in [2.75, 3.05) is 6.54 Å². The second kappa shape index (κ2) is 3.39. The van der Waals surface area contributed by atoms with E-state index in [-0.39, 0.29) is 5.97 Å². The fourth-order valence-corrected chi connectivity index (χ4v) is 1.66. The van der Waals surface area contributed by atoms with Crippen LogP contribution in [0.4, 0.5) is 0 Å². The number of ether oxygens (including phenoxy) is 1. The summed E-state index contributed by atoms with van der Waals surface area (Å²) in [4.78, 5) is 11.8. The highest BCUT2D eigenvalue weighted by Gasteiger charge is 2.47. The molecule has 0 unspecified atom stereocenters. The Labute approximate surface area is 85.3 Å². The summed E-state index contributed by atoms with van der Waals surface area (Å²) in [6.07, 6.45) is 1.36. The van der Waals surface area contributed by atoms with Gasteiger partial charge in [0.15, 0.2) is 0 Å². The van der Waals surface area contributed by atoms with Crippen LogP contribution in [0.2, 0.25) is 0 Å². The zero-order valence-electron chi connectivity index (χ0n) is 9.22. The fourth-order valence-electron chi connectivity index (χ4n) is 1.66. The van der Waals surface area contributed by atoms with E-state index in [4.69, 9.17) is 10.5 Å². The molecule has 0 aromatic rings. The van der Waals surface area contributed by atoms with Gasteiger partial charge in [0.05, 0.1) is 5.41 Å². The SMILES string of the molecule is C=C1CC(CN)(C(=O)OC(C)(C)C)C1. The van der Waals surface area contributed by atoms with Crippen molar-refractivity contribution >= 4 is 5.97 Å². The largest absolute Gasteiger partial charge is 0.459 e. The minimum Gasteiger partial charge on any atom is -0.459 e. The molecule has 14 heavy (non-hydrogen) atoms. The first-order valence-corrected chi connectivity index (χ1v) is 4.89. The van der Waals surface area contributed by atoms with Gasteiger partial charge in [-0.2, -0.15) is 0 Å². The summed E-state index contributed by atoms with van der Waals surface area (Å²) in [5.41, 5.74) is 5.78. The van der Waals surface area contributed by atoms with Crippen molar-refractivity contribution in [3.63, 3.8) is 0 Å². The van der Waals surface area contributed by atoms with E-state index in [2.05, 4.69) is 6.58 Å². The number of carbonyl (C=O) groups excluding carboxylic acids is 1. The summed E-state index contributed by atoms with van der Waals surface area (Å²) in [6.45, 7) is 9.76. The van der Waals surface area contributed by atoms with E-state index >= 15 is 0 Å². The van der Waals surface area contributed by atoms with Crippen LogP contribution in [-0.4, -0.2) is 18.1 Å². The van der Waals surface area contributed by atoms with Crippen molar-refractivity contribution in [2.24, 2.45) is 11.1 Å². The van der Waals surface area contributed by atoms with Crippen LogP contribution in [0.3, 0.4) is 0 Å². The highest BCUT2D eigenvalue weighted by atomic mass is 16.6. The number of hydrogen-bond donors (Lipinski definition) is 1. The fraction of sp³-hybridized carbons (Fsp3) is 0.727. The Morgan fingerprint density at radius 1 is 1.57 bits per heavy atom. The molecular weight excluding hydrogens is 178 g/mol. The third-order valence-corrected chi connectivity index (χ3v) is 2.40. The van der Waals surface area contributed by atoms with Crippen molar-refractivity contribution in [1.82, 2.24) is 0 Å². The summed E-state index contributed by atoms with van der Waals surface area (Å²) in [7, 11) is 0. The summed E-state index contributed by atoms with van der Waals surface area (Å²) in [5, 5.41) is 0. The average molecular weight is 197 g/mol. The van der Waals surface area contributed by atoms with Gasteiger partial charge in [-0.25, -0.2) is 0 Å². The quantitative estimate of drug-likeness (QED) is 0.540. The Hall–Kier alpha value is -0.830. The lowest BCUT2D eigenvalue weighted by atomic mass is 9.66. The minimum atomic E-state index is -0.482. The molecule has 1 aliphatic carbocycles. The molecule has 0 atom stereocenters. The summed E-state index contributed by atoms with van der Waals surface area (Å²) in [5.74, 6) is -0.181. The second-order valence-corrected chi connectivity index (χ2v) is 5.09. The Balaban J connectivity index is 2.64. The van der Waals surface area contributed by atoms with E-state index in [0.29, 0.717) is 19.4 Å². The first-order valence-electron chi connectivity index (χ1n) is 4.89. The van der Waals surface area contributed by atoms with Gasteiger partial charge in [0.25, 0.3) is 0 Å². The number of carbonyl (C=O) groups is 1. The third kappa shape index (κ3) is 2.15. The second-order valence-electron chi connectivity index (χ2n) is 5.09.